The fourth-order valence-electron chi connectivity index (χ4n) is 5.53. The first-order valence-electron chi connectivity index (χ1n) is 13.7. The minimum absolute atomic E-state index is 0.0140. The summed E-state index contributed by atoms with van der Waals surface area (Å²) in [5.41, 5.74) is -0.588. The predicted octanol–water partition coefficient (Wildman–Crippen LogP) is 4.30. The van der Waals surface area contributed by atoms with E-state index in [1.54, 1.807) is 17.0 Å². The maximum atomic E-state index is 15.1. The minimum atomic E-state index is -3.84. The lowest BCUT2D eigenvalue weighted by Crippen LogP contribution is -2.60. The molecule has 0 unspecified atom stereocenters. The van der Waals surface area contributed by atoms with Crippen LogP contribution in [0.5, 0.6) is 5.75 Å². The molecule has 1 fully saturated rings. The summed E-state index contributed by atoms with van der Waals surface area (Å²) < 4.78 is 44.1. The van der Waals surface area contributed by atoms with E-state index in [0.717, 1.165) is 16.9 Å². The zero-order valence-corrected chi connectivity index (χ0v) is 27.1. The normalized spacial score (nSPS) is 16.0. The third kappa shape index (κ3) is 5.39. The number of rotatable bonds is 6. The second kappa shape index (κ2) is 11.8. The first kappa shape index (κ1) is 31.4. The third-order valence-corrected chi connectivity index (χ3v) is 11.2. The number of benzene rings is 2. The van der Waals surface area contributed by atoms with Gasteiger partial charge in [0.25, 0.3) is 0 Å². The van der Waals surface area contributed by atoms with E-state index < -0.39 is 36.1 Å². The van der Waals surface area contributed by atoms with Crippen molar-refractivity contribution in [1.29, 1.82) is 0 Å². The van der Waals surface area contributed by atoms with E-state index in [1.807, 2.05) is 25.0 Å². The molecular weight excluding hydrogens is 625 g/mol. The summed E-state index contributed by atoms with van der Waals surface area (Å²) in [7, 11) is -5.36. The molecule has 1 amide bonds. The highest BCUT2D eigenvalue weighted by Gasteiger charge is 2.35. The monoisotopic (exact) mass is 654 g/mol. The summed E-state index contributed by atoms with van der Waals surface area (Å²) >= 11 is 6.72. The summed E-state index contributed by atoms with van der Waals surface area (Å²) in [5.74, 6) is -1.13. The molecule has 10 nitrogen and oxygen atoms in total. The number of pyridine rings is 1. The lowest BCUT2D eigenvalue weighted by atomic mass is 10.1. The van der Waals surface area contributed by atoms with Gasteiger partial charge in [-0.2, -0.15) is 4.98 Å². The van der Waals surface area contributed by atoms with Crippen LogP contribution in [0, 0.1) is 5.82 Å². The van der Waals surface area contributed by atoms with Crippen LogP contribution in [0.1, 0.15) is 19.4 Å². The van der Waals surface area contributed by atoms with Gasteiger partial charge in [0, 0.05) is 25.0 Å². The first-order valence-corrected chi connectivity index (χ1v) is 18.2. The molecular formula is C30H30ClFN5O5SSi. The number of sulfone groups is 1. The fourth-order valence-corrected chi connectivity index (χ4v) is 8.91. The van der Waals surface area contributed by atoms with Crippen molar-refractivity contribution >= 4 is 53.2 Å². The number of carbonyl (C=O) groups excluding carboxylic acids is 1. The van der Waals surface area contributed by atoms with Gasteiger partial charge in [0.1, 0.15) is 17.4 Å². The molecule has 1 saturated heterocycles. The maximum absolute atomic E-state index is 15.1. The number of phenols is 1. The van der Waals surface area contributed by atoms with Crippen molar-refractivity contribution in [2.45, 2.75) is 37.8 Å². The third-order valence-electron chi connectivity index (χ3n) is 7.67. The summed E-state index contributed by atoms with van der Waals surface area (Å²) in [4.78, 5) is 37.3. The number of anilines is 1. The van der Waals surface area contributed by atoms with Crippen molar-refractivity contribution in [3.63, 3.8) is 0 Å². The molecule has 3 heterocycles. The van der Waals surface area contributed by atoms with Crippen LogP contribution in [0.25, 0.3) is 28.0 Å². The van der Waals surface area contributed by atoms with Crippen molar-refractivity contribution in [1.82, 2.24) is 19.4 Å². The van der Waals surface area contributed by atoms with Crippen LogP contribution in [-0.2, 0) is 21.1 Å². The van der Waals surface area contributed by atoms with Crippen LogP contribution in [0.15, 0.2) is 64.8 Å². The lowest BCUT2D eigenvalue weighted by Gasteiger charge is -2.43. The topological polar surface area (TPSA) is 126 Å². The van der Waals surface area contributed by atoms with Crippen LogP contribution in [0.3, 0.4) is 0 Å². The molecule has 1 aliphatic rings. The van der Waals surface area contributed by atoms with Gasteiger partial charge in [-0.3, -0.25) is 4.79 Å². The molecule has 4 aromatic rings. The number of hydrogen-bond acceptors (Lipinski definition) is 8. The average molecular weight is 655 g/mol. The second-order valence-electron chi connectivity index (χ2n) is 10.6. The Morgan fingerprint density at radius 1 is 1.25 bits per heavy atom. The number of hydrogen-bond donors (Lipinski definition) is 1. The predicted molar refractivity (Wildman–Crippen MR) is 170 cm³/mol. The Morgan fingerprint density at radius 3 is 2.59 bits per heavy atom. The second-order valence-corrected chi connectivity index (χ2v) is 15.4. The number of amides is 1. The Balaban J connectivity index is 1.89. The number of para-hydroxylation sites is 1. The number of fused-ring (bicyclic) bond motifs is 1. The average Bonchev–Trinajstić information content (AvgIpc) is 2.97. The van der Waals surface area contributed by atoms with E-state index in [4.69, 9.17) is 11.6 Å². The molecule has 2 aromatic heterocycles. The molecule has 1 aliphatic heterocycles. The van der Waals surface area contributed by atoms with Crippen LogP contribution < -0.4 is 10.3 Å². The van der Waals surface area contributed by atoms with Gasteiger partial charge >= 0.3 is 5.69 Å². The van der Waals surface area contributed by atoms with E-state index >= 15 is 4.39 Å². The highest BCUT2D eigenvalue weighted by atomic mass is 35.5. The number of nitrogens with zero attached hydrogens (tertiary/aromatic N) is 5. The molecule has 5 rings (SSSR count). The first-order chi connectivity index (χ1) is 20.8. The number of phenolic OH excluding ortho intramolecular Hbond substituents is 1. The molecule has 2 aromatic carbocycles. The van der Waals surface area contributed by atoms with Crippen molar-refractivity contribution in [3.05, 3.63) is 82.0 Å². The van der Waals surface area contributed by atoms with E-state index in [-0.39, 0.29) is 50.3 Å². The van der Waals surface area contributed by atoms with Crippen molar-refractivity contribution in [3.8, 4) is 22.7 Å². The Morgan fingerprint density at radius 2 is 1.95 bits per heavy atom. The van der Waals surface area contributed by atoms with Gasteiger partial charge in [-0.1, -0.05) is 49.8 Å². The number of aryl methyl sites for hydroxylation is 1. The van der Waals surface area contributed by atoms with Gasteiger partial charge in [-0.05, 0) is 49.2 Å². The summed E-state index contributed by atoms with van der Waals surface area (Å²) in [6.45, 7) is 9.63. The van der Waals surface area contributed by atoms with Crippen LogP contribution in [0.4, 0.5) is 10.2 Å². The van der Waals surface area contributed by atoms with Gasteiger partial charge in [0.2, 0.25) is 5.91 Å². The Bertz CT molecular complexity index is 1980. The maximum Gasteiger partial charge on any atom is 0.355 e. The Kier molecular flexibility index (Phi) is 8.40. The smallest absolute Gasteiger partial charge is 0.355 e. The van der Waals surface area contributed by atoms with E-state index in [9.17, 15) is 23.1 Å². The van der Waals surface area contributed by atoms with Crippen LogP contribution in [0.2, 0.25) is 11.6 Å². The highest BCUT2D eigenvalue weighted by molar-refractivity contribution is 7.90. The highest BCUT2D eigenvalue weighted by Crippen LogP contribution is 2.39. The van der Waals surface area contributed by atoms with Crippen molar-refractivity contribution < 1.29 is 22.7 Å². The van der Waals surface area contributed by atoms with Gasteiger partial charge in [-0.25, -0.2) is 27.2 Å². The molecule has 14 heteroatoms. The van der Waals surface area contributed by atoms with Gasteiger partial charge in [0.15, 0.2) is 24.4 Å². The fraction of sp³-hybridized carbons (Fsp3) is 0.267. The largest absolute Gasteiger partial charge is 0.507 e. The molecule has 0 aliphatic carbocycles. The van der Waals surface area contributed by atoms with Crippen LogP contribution in [-0.4, -0.2) is 72.8 Å². The van der Waals surface area contributed by atoms with Gasteiger partial charge in [0.05, 0.1) is 32.2 Å². The number of aromatic hydroxyl groups is 1. The van der Waals surface area contributed by atoms with E-state index in [2.05, 4.69) is 16.5 Å². The lowest BCUT2D eigenvalue weighted by molar-refractivity contribution is -0.127. The standard InChI is InChI=1S/C30H30ClFN5O5SSi/c1-6-18-10-8-13-23(43(4,41)42)27(18)37-29-19(14-20(31)26(33-29)25-21(32)11-9-12-22(25)38)28(34-30(37)40)36-15-17(3)35(16-44(36)5)24(39)7-2/h7-14,17,38H,2,6,15-16H2,1,3-5H3/t17-/m1/s1. The molecule has 0 bridgehead atoms. The summed E-state index contributed by atoms with van der Waals surface area (Å²) in [6, 6.07) is 9.73. The molecule has 1 radical (unpaired) electrons. The van der Waals surface area contributed by atoms with Crippen molar-refractivity contribution in [2.75, 3.05) is 23.5 Å². The molecule has 229 valence electrons. The summed E-state index contributed by atoms with van der Waals surface area (Å²) in [5, 5.41) is 10.9. The molecule has 1 N–H and O–H groups in total. The zero-order chi connectivity index (χ0) is 32.1. The van der Waals surface area contributed by atoms with Crippen molar-refractivity contribution in [2.24, 2.45) is 0 Å². The summed E-state index contributed by atoms with van der Waals surface area (Å²) in [6.07, 6.45) is 3.11. The number of aromatic nitrogens is 3. The Hall–Kier alpha value is -4.07. The number of halogens is 2. The Labute approximate surface area is 260 Å². The van der Waals surface area contributed by atoms with E-state index in [1.165, 1.54) is 30.3 Å². The van der Waals surface area contributed by atoms with Gasteiger partial charge < -0.3 is 14.6 Å². The molecule has 0 saturated carbocycles. The van der Waals surface area contributed by atoms with Gasteiger partial charge in [-0.15, -0.1) is 0 Å². The number of carbonyl (C=O) groups is 1. The molecule has 1 atom stereocenters. The van der Waals surface area contributed by atoms with Crippen LogP contribution >= 0.6 is 11.6 Å². The minimum Gasteiger partial charge on any atom is -0.507 e. The quantitative estimate of drug-likeness (QED) is 0.241. The SMILES string of the molecule is C=CC(=O)N1C[Si](C)N(c2nc(=O)n(-c3c(CC)cccc3S(C)(=O)=O)c3nc(-c4c(O)cccc4F)c(Cl)cc23)C[C@H]1C. The van der Waals surface area contributed by atoms with E-state index in [0.29, 0.717) is 30.1 Å². The molecule has 44 heavy (non-hydrogen) atoms. The molecule has 0 spiro atoms. The zero-order valence-electron chi connectivity index (χ0n) is 24.5.